The van der Waals surface area contributed by atoms with Crippen molar-refractivity contribution in [2.75, 3.05) is 6.54 Å². The van der Waals surface area contributed by atoms with Gasteiger partial charge in [0.1, 0.15) is 0 Å². The molecule has 1 aliphatic rings. The zero-order chi connectivity index (χ0) is 29.2. The van der Waals surface area contributed by atoms with E-state index < -0.39 is 41.0 Å². The molecule has 1 amide bonds. The molecule has 0 aliphatic carbocycles. The van der Waals surface area contributed by atoms with Gasteiger partial charge in [-0.2, -0.15) is 26.3 Å². The second-order valence-electron chi connectivity index (χ2n) is 10.2. The zero-order valence-corrected chi connectivity index (χ0v) is 21.8. The minimum absolute atomic E-state index is 0.0214. The largest absolute Gasteiger partial charge is 0.416 e. The zero-order valence-electron chi connectivity index (χ0n) is 21.8. The first kappa shape index (κ1) is 28.6. The molecule has 1 N–H and O–H groups in total. The highest BCUT2D eigenvalue weighted by atomic mass is 19.4. The Balaban J connectivity index is 1.40. The SMILES string of the molecule is O=C(c1cc(C(F)(F)F)cc(C(F)(F)F)c1)N1CCC(NCc2ccnc3ccccc23)CC1Cc1ccccc1. The van der Waals surface area contributed by atoms with Crippen LogP contribution in [0.15, 0.2) is 85.1 Å². The lowest BCUT2D eigenvalue weighted by Crippen LogP contribution is -2.51. The molecule has 1 aliphatic heterocycles. The highest BCUT2D eigenvalue weighted by molar-refractivity contribution is 5.95. The predicted molar refractivity (Wildman–Crippen MR) is 143 cm³/mol. The molecule has 4 nitrogen and oxygen atoms in total. The maximum absolute atomic E-state index is 13.6. The Bertz CT molecular complexity index is 1480. The molecule has 4 aromatic rings. The van der Waals surface area contributed by atoms with Gasteiger partial charge in [-0.25, -0.2) is 0 Å². The Labute approximate surface area is 233 Å². The molecule has 0 saturated carbocycles. The van der Waals surface area contributed by atoms with Gasteiger partial charge in [-0.1, -0.05) is 48.5 Å². The quantitative estimate of drug-likeness (QED) is 0.248. The third kappa shape index (κ3) is 6.70. The van der Waals surface area contributed by atoms with Crippen LogP contribution in [0.3, 0.4) is 0 Å². The molecule has 10 heteroatoms. The molecule has 3 aromatic carbocycles. The minimum atomic E-state index is -5.03. The molecular weight excluding hydrogens is 544 g/mol. The summed E-state index contributed by atoms with van der Waals surface area (Å²) >= 11 is 0. The lowest BCUT2D eigenvalue weighted by Gasteiger charge is -2.40. The summed E-state index contributed by atoms with van der Waals surface area (Å²) in [6.45, 7) is 0.727. The van der Waals surface area contributed by atoms with Crippen molar-refractivity contribution in [3.05, 3.63) is 113 Å². The number of alkyl halides is 6. The molecule has 5 rings (SSSR count). The maximum atomic E-state index is 13.6. The van der Waals surface area contributed by atoms with Gasteiger partial charge in [0.05, 0.1) is 16.6 Å². The van der Waals surface area contributed by atoms with Crippen LogP contribution in [-0.2, 0) is 25.3 Å². The molecule has 214 valence electrons. The number of hydrogen-bond acceptors (Lipinski definition) is 3. The van der Waals surface area contributed by atoms with E-state index in [1.54, 1.807) is 6.20 Å². The summed E-state index contributed by atoms with van der Waals surface area (Å²) in [5.74, 6) is -0.846. The molecule has 1 aromatic heterocycles. The fraction of sp³-hybridized carbons (Fsp3) is 0.290. The van der Waals surface area contributed by atoms with E-state index in [9.17, 15) is 31.1 Å². The molecule has 41 heavy (non-hydrogen) atoms. The monoisotopic (exact) mass is 571 g/mol. The number of rotatable bonds is 6. The highest BCUT2D eigenvalue weighted by Gasteiger charge is 2.39. The van der Waals surface area contributed by atoms with Crippen LogP contribution in [0.1, 0.15) is 45.5 Å². The van der Waals surface area contributed by atoms with Gasteiger partial charge in [0.15, 0.2) is 0 Å². The van der Waals surface area contributed by atoms with Crippen LogP contribution in [0.2, 0.25) is 0 Å². The van der Waals surface area contributed by atoms with Crippen LogP contribution < -0.4 is 5.32 Å². The van der Waals surface area contributed by atoms with Crippen LogP contribution >= 0.6 is 0 Å². The van der Waals surface area contributed by atoms with Crippen molar-refractivity contribution < 1.29 is 31.1 Å². The molecule has 1 fully saturated rings. The van der Waals surface area contributed by atoms with Gasteiger partial charge >= 0.3 is 12.4 Å². The van der Waals surface area contributed by atoms with E-state index in [1.807, 2.05) is 60.7 Å². The van der Waals surface area contributed by atoms with Crippen LogP contribution in [0.5, 0.6) is 0 Å². The Morgan fingerprint density at radius 3 is 2.22 bits per heavy atom. The van der Waals surface area contributed by atoms with Gasteiger partial charge in [0.25, 0.3) is 5.91 Å². The van der Waals surface area contributed by atoms with Crippen molar-refractivity contribution in [1.82, 2.24) is 15.2 Å². The number of amides is 1. The number of para-hydroxylation sites is 1. The van der Waals surface area contributed by atoms with Gasteiger partial charge in [0, 0.05) is 42.3 Å². The van der Waals surface area contributed by atoms with Gasteiger partial charge in [-0.15, -0.1) is 0 Å². The van der Waals surface area contributed by atoms with E-state index in [-0.39, 0.29) is 18.7 Å². The summed E-state index contributed by atoms with van der Waals surface area (Å²) in [7, 11) is 0. The van der Waals surface area contributed by atoms with Crippen LogP contribution in [0.25, 0.3) is 10.9 Å². The number of carbonyl (C=O) groups excluding carboxylic acids is 1. The summed E-state index contributed by atoms with van der Waals surface area (Å²) in [6.07, 6.45) is -6.95. The van der Waals surface area contributed by atoms with Crippen LogP contribution in [0.4, 0.5) is 26.3 Å². The topological polar surface area (TPSA) is 45.2 Å². The number of nitrogens with zero attached hydrogens (tertiary/aromatic N) is 2. The molecule has 0 bridgehead atoms. The first-order valence-corrected chi connectivity index (χ1v) is 13.2. The number of benzene rings is 3. The summed E-state index contributed by atoms with van der Waals surface area (Å²) in [4.78, 5) is 19.4. The van der Waals surface area contributed by atoms with E-state index in [1.165, 1.54) is 4.90 Å². The van der Waals surface area contributed by atoms with Gasteiger partial charge < -0.3 is 10.2 Å². The number of aromatic nitrogens is 1. The third-order valence-electron chi connectivity index (χ3n) is 7.45. The second-order valence-corrected chi connectivity index (χ2v) is 10.2. The van der Waals surface area contributed by atoms with E-state index in [2.05, 4.69) is 10.3 Å². The lowest BCUT2D eigenvalue weighted by molar-refractivity contribution is -0.143. The molecule has 2 heterocycles. The van der Waals surface area contributed by atoms with E-state index >= 15 is 0 Å². The summed E-state index contributed by atoms with van der Waals surface area (Å²) < 4.78 is 80.8. The Morgan fingerprint density at radius 2 is 1.54 bits per heavy atom. The molecule has 1 saturated heterocycles. The fourth-order valence-corrected chi connectivity index (χ4v) is 5.39. The van der Waals surface area contributed by atoms with Crippen molar-refractivity contribution in [2.24, 2.45) is 0 Å². The summed E-state index contributed by atoms with van der Waals surface area (Å²) in [5.41, 5.74) is -0.797. The minimum Gasteiger partial charge on any atom is -0.335 e. The summed E-state index contributed by atoms with van der Waals surface area (Å²) in [6, 6.07) is 19.6. The number of pyridine rings is 1. The van der Waals surface area contributed by atoms with Gasteiger partial charge in [-0.3, -0.25) is 9.78 Å². The number of nitrogens with one attached hydrogen (secondary N) is 1. The fourth-order valence-electron chi connectivity index (χ4n) is 5.39. The predicted octanol–water partition coefficient (Wildman–Crippen LogP) is 7.28. The van der Waals surface area contributed by atoms with Gasteiger partial charge in [-0.05, 0) is 60.7 Å². The number of fused-ring (bicyclic) bond motifs is 1. The Kier molecular flexibility index (Phi) is 8.04. The second kappa shape index (κ2) is 11.5. The number of hydrogen-bond donors (Lipinski definition) is 1. The average molecular weight is 572 g/mol. The molecule has 2 unspecified atom stereocenters. The first-order chi connectivity index (χ1) is 19.5. The summed E-state index contributed by atoms with van der Waals surface area (Å²) in [5, 5.41) is 4.55. The average Bonchev–Trinajstić information content (AvgIpc) is 2.95. The number of likely N-dealkylation sites (tertiary alicyclic amines) is 1. The van der Waals surface area contributed by atoms with Crippen molar-refractivity contribution in [1.29, 1.82) is 0 Å². The van der Waals surface area contributed by atoms with E-state index in [0.717, 1.165) is 22.0 Å². The molecule has 2 atom stereocenters. The van der Waals surface area contributed by atoms with Crippen molar-refractivity contribution in [3.63, 3.8) is 0 Å². The smallest absolute Gasteiger partial charge is 0.335 e. The molecular formula is C31H27F6N3O. The maximum Gasteiger partial charge on any atom is 0.416 e. The van der Waals surface area contributed by atoms with Crippen molar-refractivity contribution in [3.8, 4) is 0 Å². The standard InChI is InChI=1S/C31H27F6N3O/c32-30(33,34)23-15-22(16-24(17-23)31(35,36)37)29(41)40-13-11-25(18-26(40)14-20-6-2-1-3-7-20)39-19-21-10-12-38-28-9-5-4-8-27(21)28/h1-10,12,15-17,25-26,39H,11,13-14,18-19H2. The Morgan fingerprint density at radius 1 is 0.878 bits per heavy atom. The van der Waals surface area contributed by atoms with Crippen LogP contribution in [0, 0.1) is 0 Å². The van der Waals surface area contributed by atoms with Crippen molar-refractivity contribution in [2.45, 2.75) is 50.2 Å². The normalized spacial score (nSPS) is 18.0. The van der Waals surface area contributed by atoms with Gasteiger partial charge in [0.2, 0.25) is 0 Å². The molecule has 0 radical (unpaired) electrons. The lowest BCUT2D eigenvalue weighted by atomic mass is 9.91. The van der Waals surface area contributed by atoms with Crippen molar-refractivity contribution >= 4 is 16.8 Å². The first-order valence-electron chi connectivity index (χ1n) is 13.2. The number of halogens is 6. The number of piperidine rings is 1. The highest BCUT2D eigenvalue weighted by Crippen LogP contribution is 2.37. The third-order valence-corrected chi connectivity index (χ3v) is 7.45. The van der Waals surface area contributed by atoms with Crippen LogP contribution in [-0.4, -0.2) is 34.4 Å². The Hall–Kier alpha value is -3.92. The number of carbonyl (C=O) groups is 1. The van der Waals surface area contributed by atoms with E-state index in [0.29, 0.717) is 37.9 Å². The van der Waals surface area contributed by atoms with E-state index in [4.69, 9.17) is 0 Å². The molecule has 0 spiro atoms.